The molecule has 6 aromatic heterocycles. The zero-order valence-electron chi connectivity index (χ0n) is 80.2. The predicted octanol–water partition coefficient (Wildman–Crippen LogP) is 32.2. The Kier molecular flexibility index (Phi) is 50.5. The Bertz CT molecular complexity index is 7600. The average Bonchev–Trinajstić information content (AvgIpc) is 0.758. The van der Waals surface area contributed by atoms with Crippen LogP contribution in [0.4, 0.5) is 0 Å². The molecule has 14 nitrogen and oxygen atoms in total. The van der Waals surface area contributed by atoms with Gasteiger partial charge in [-0.15, -0.1) is 190 Å². The number of fused-ring (bicyclic) bond motifs is 8. The number of aliphatic hydroxyl groups excluding tert-OH is 3. The van der Waals surface area contributed by atoms with E-state index in [2.05, 4.69) is 238 Å². The quantitative estimate of drug-likeness (QED) is 0.0504. The molecule has 0 saturated carbocycles. The fourth-order valence-corrected chi connectivity index (χ4v) is 14.5. The molecule has 2 aliphatic heterocycles. The number of hydrogen-bond acceptors (Lipinski definition) is 12. The van der Waals surface area contributed by atoms with Crippen LogP contribution in [0.2, 0.25) is 0 Å². The standard InChI is InChI=1S/C23H14N.C21H14N.C16H12N.2C15H10N.C11H8N.C10H8N2.3C5H8O2.CH4.5Ir/c1-3-9-18-17(8-1)15-21(20-11-5-4-10-19(18)20)23-14-13-16-7-2-6-12-22(16)24-23;1-2-6-16(7-3-1)17-10-12-19(13-11-17)21-15-14-18-8-4-5-9-20(18)22-21;1-12-6-2-4-8-14(12)16-11-10-13-7-3-5-9-15(13)17-16;2*1-2-6-12(7-3-1)15-11-10-13-8-4-5-9-14(13)16-15;1-2-6-10(7-3-1)11-8-4-5-9-12-11;1-3-7-11-9(5-1)10-6-2-4-8-12-10;3*1-4(6)3-5(2)7;;;;;;/h1-14H;1-12,14-15H;2-7,9-11H,1H3;2*1-6,8-11H;1-6,8-9H;1-8H;3*3,6H,1-2H3;1H4;;;;;/q6*-1;-2;;;;;;;;;+3. The molecule has 4 radical (unpaired) electrons. The molecule has 0 atom stereocenters. The third-order valence-corrected chi connectivity index (χ3v) is 20.9. The average molecular weight is 2800 g/mol. The van der Waals surface area contributed by atoms with Crippen molar-refractivity contribution in [1.82, 2.24) is 29.9 Å². The number of aliphatic hydroxyl groups is 3. The molecular weight excluding hydrogens is 2690 g/mol. The van der Waals surface area contributed by atoms with Crippen LogP contribution in [0.1, 0.15) is 54.5 Å². The monoisotopic (exact) mass is 2800 g/mol. The maximum absolute atomic E-state index is 10.0. The van der Waals surface area contributed by atoms with Gasteiger partial charge >= 0.3 is 20.1 Å². The predicted molar refractivity (Wildman–Crippen MR) is 582 cm³/mol. The number of carbonyl (C=O) groups excluding carboxylic acids is 3. The number of aromatic nitrogens is 6. The number of benzene rings is 14. The Balaban J connectivity index is 0.000000224. The van der Waals surface area contributed by atoms with Crippen LogP contribution >= 0.6 is 0 Å². The van der Waals surface area contributed by atoms with Gasteiger partial charge in [-0.05, 0) is 133 Å². The molecule has 0 bridgehead atoms. The van der Waals surface area contributed by atoms with Gasteiger partial charge in [0.15, 0.2) is 17.3 Å². The van der Waals surface area contributed by atoms with Gasteiger partial charge in [0.25, 0.3) is 0 Å². The topological polar surface area (TPSA) is 217 Å². The zero-order chi connectivity index (χ0) is 98.0. The van der Waals surface area contributed by atoms with E-state index in [0.717, 1.165) is 123 Å². The third-order valence-electron chi connectivity index (χ3n) is 20.9. The summed E-state index contributed by atoms with van der Waals surface area (Å²) in [4.78, 5) is 57.8. The fraction of sp³-hybridized carbons (Fsp3) is 0.0630. The number of para-hydroxylation sites is 5. The summed E-state index contributed by atoms with van der Waals surface area (Å²) in [7, 11) is 0. The maximum atomic E-state index is 10.0. The molecule has 20 aromatic rings. The second kappa shape index (κ2) is 62.5. The van der Waals surface area contributed by atoms with Crippen molar-refractivity contribution in [1.29, 1.82) is 0 Å². The van der Waals surface area contributed by atoms with Crippen LogP contribution in [0, 0.1) is 43.3 Å². The Morgan fingerprint density at radius 1 is 0.295 bits per heavy atom. The van der Waals surface area contributed by atoms with Crippen LogP contribution in [0.15, 0.2) is 490 Å². The number of ketones is 3. The fourth-order valence-electron chi connectivity index (χ4n) is 14.5. The molecule has 19 heteroatoms. The van der Waals surface area contributed by atoms with Crippen LogP contribution in [-0.4, -0.2) is 62.6 Å². The van der Waals surface area contributed by atoms with Gasteiger partial charge in [0, 0.05) is 111 Å². The summed E-state index contributed by atoms with van der Waals surface area (Å²) in [5.41, 5.74) is 22.6. The molecule has 0 fully saturated rings. The minimum atomic E-state index is -0.125. The van der Waals surface area contributed by atoms with Crippen LogP contribution in [0.25, 0.3) is 165 Å². The van der Waals surface area contributed by atoms with Gasteiger partial charge in [-0.3, -0.25) is 39.3 Å². The van der Waals surface area contributed by atoms with Gasteiger partial charge in [0.05, 0.1) is 44.9 Å². The number of rotatable bonds is 10. The van der Waals surface area contributed by atoms with E-state index in [-0.39, 0.29) is 143 Å². The first-order valence-corrected chi connectivity index (χ1v) is 45.3. The Morgan fingerprint density at radius 2 is 0.637 bits per heavy atom. The first kappa shape index (κ1) is 118. The van der Waals surface area contributed by atoms with Crippen molar-refractivity contribution in [2.75, 3.05) is 0 Å². The molecule has 2 aliphatic rings. The van der Waals surface area contributed by atoms with E-state index >= 15 is 0 Å². The van der Waals surface area contributed by atoms with Crippen LogP contribution < -0.4 is 0 Å². The molecule has 0 aliphatic carbocycles. The van der Waals surface area contributed by atoms with Gasteiger partial charge in [0.2, 0.25) is 0 Å². The SMILES string of the molecule is C.C1=C[N-]C(=C2C=CC=C[N-]2)C=C1.CC(=O)C=C(C)O.CC(=O)C=C(C)O.CC(=O)C=C(C)O.Cc1ccc[c-]c1-c1ccc2ccccc2n1.[Ir+3].[Ir].[Ir].[Ir].[Ir].[c-]1c(-c2ccc3ccccc3n2)c2ccccc2c2ccccc12.[c-]1cc(-c2ccccc2)ccc1-c1ccc2ccccc2n1.[c-]1ccccc1-c1ccc2ccccc2n1.[c-]1ccccc1-c1ccc2ccccc2n1.[c-]1ccccc1-c1ccccn1. The van der Waals surface area contributed by atoms with Crippen molar-refractivity contribution < 1.29 is 130 Å². The van der Waals surface area contributed by atoms with E-state index in [0.29, 0.717) is 0 Å². The van der Waals surface area contributed by atoms with E-state index in [4.69, 9.17) is 25.3 Å². The van der Waals surface area contributed by atoms with Crippen molar-refractivity contribution in [2.24, 2.45) is 0 Å². The molecule has 14 aromatic carbocycles. The van der Waals surface area contributed by atoms with Crippen LogP contribution in [0.5, 0.6) is 0 Å². The number of hydrogen-bond donors (Lipinski definition) is 3. The molecule has 0 saturated heterocycles. The second-order valence-corrected chi connectivity index (χ2v) is 31.8. The summed E-state index contributed by atoms with van der Waals surface area (Å²) < 4.78 is 0. The van der Waals surface area contributed by atoms with Gasteiger partial charge in [-0.1, -0.05) is 320 Å². The Morgan fingerprint density at radius 3 is 0.993 bits per heavy atom. The van der Waals surface area contributed by atoms with Crippen molar-refractivity contribution in [3.63, 3.8) is 0 Å². The molecule has 0 spiro atoms. The van der Waals surface area contributed by atoms with Gasteiger partial charge in [-0.25, -0.2) is 0 Å². The summed E-state index contributed by atoms with van der Waals surface area (Å²) in [5.74, 6) is -0.187. The normalized spacial score (nSPS) is 11.5. The molecule has 22 rings (SSSR count). The van der Waals surface area contributed by atoms with Crippen molar-refractivity contribution in [3.8, 4) is 78.7 Å². The number of nitrogens with zero attached hydrogens (tertiary/aromatic N) is 8. The molecule has 146 heavy (non-hydrogen) atoms. The molecule has 8 heterocycles. The molecule has 0 unspecified atom stereocenters. The summed E-state index contributed by atoms with van der Waals surface area (Å²) in [6, 6.07) is 150. The summed E-state index contributed by atoms with van der Waals surface area (Å²) in [6.07, 6.45) is 20.4. The number of pyridine rings is 6. The second-order valence-electron chi connectivity index (χ2n) is 31.8. The smallest absolute Gasteiger partial charge is 0.665 e. The zero-order valence-corrected chi connectivity index (χ0v) is 92.2. The minimum absolute atomic E-state index is 0. The van der Waals surface area contributed by atoms with Gasteiger partial charge in [0.1, 0.15) is 0 Å². The number of allylic oxidation sites excluding steroid dienone is 12. The minimum Gasteiger partial charge on any atom is -0.665 e. The maximum Gasteiger partial charge on any atom is 3.00 e. The van der Waals surface area contributed by atoms with Crippen LogP contribution in [-0.2, 0) is 115 Å². The van der Waals surface area contributed by atoms with E-state index in [9.17, 15) is 14.4 Å². The summed E-state index contributed by atoms with van der Waals surface area (Å²) in [6.45, 7) is 10.6. The Labute approximate surface area is 922 Å². The molecule has 3 N–H and O–H groups in total. The van der Waals surface area contributed by atoms with E-state index < -0.39 is 0 Å². The summed E-state index contributed by atoms with van der Waals surface area (Å²) >= 11 is 0. The largest absolute Gasteiger partial charge is 3.00 e. The number of carbonyl (C=O) groups is 3. The number of aryl methyl sites for hydroxylation is 1. The van der Waals surface area contributed by atoms with Crippen molar-refractivity contribution >= 4 is 93.4 Å². The Hall–Kier alpha value is -15.0. The molecular formula is C127H104Ir5N8O6-5. The van der Waals surface area contributed by atoms with Crippen molar-refractivity contribution in [2.45, 2.75) is 55.9 Å². The van der Waals surface area contributed by atoms with Crippen LogP contribution in [0.3, 0.4) is 0 Å². The third kappa shape index (κ3) is 36.7. The first-order valence-electron chi connectivity index (χ1n) is 45.3. The summed E-state index contributed by atoms with van der Waals surface area (Å²) in [5, 5.41) is 44.1. The van der Waals surface area contributed by atoms with E-state index in [1.165, 1.54) is 109 Å². The van der Waals surface area contributed by atoms with Gasteiger partial charge < -0.3 is 30.9 Å². The van der Waals surface area contributed by atoms with E-state index in [1.807, 2.05) is 261 Å². The molecule has 738 valence electrons. The van der Waals surface area contributed by atoms with Gasteiger partial charge in [-0.2, -0.15) is 23.8 Å². The van der Waals surface area contributed by atoms with Crippen molar-refractivity contribution in [3.05, 3.63) is 543 Å². The molecule has 0 amide bonds. The van der Waals surface area contributed by atoms with E-state index in [1.54, 1.807) is 18.6 Å². The first-order chi connectivity index (χ1) is 68.3.